The number of aliphatic hydroxyl groups is 1. The summed E-state index contributed by atoms with van der Waals surface area (Å²) in [4.78, 5) is 6.91. The molecule has 0 amide bonds. The van der Waals surface area contributed by atoms with E-state index in [1.807, 2.05) is 24.3 Å². The van der Waals surface area contributed by atoms with Gasteiger partial charge in [0.25, 0.3) is 0 Å². The monoisotopic (exact) mass is 202 g/mol. The zero-order chi connectivity index (χ0) is 10.7. The molecule has 1 aromatic carbocycles. The van der Waals surface area contributed by atoms with Gasteiger partial charge in [0.15, 0.2) is 0 Å². The van der Waals surface area contributed by atoms with E-state index in [2.05, 4.69) is 16.9 Å². The highest BCUT2D eigenvalue weighted by molar-refractivity contribution is 5.33. The van der Waals surface area contributed by atoms with Crippen molar-refractivity contribution in [3.8, 4) is 0 Å². The highest BCUT2D eigenvalue weighted by Crippen LogP contribution is 2.23. The fourth-order valence-corrected chi connectivity index (χ4v) is 1.70. The lowest BCUT2D eigenvalue weighted by Crippen LogP contribution is -2.03. The van der Waals surface area contributed by atoms with Crippen LogP contribution in [0.2, 0.25) is 0 Å². The van der Waals surface area contributed by atoms with Crippen LogP contribution < -0.4 is 0 Å². The third-order valence-corrected chi connectivity index (χ3v) is 2.53. The van der Waals surface area contributed by atoms with Crippen molar-refractivity contribution in [2.45, 2.75) is 19.4 Å². The Hall–Kier alpha value is -1.61. The molecule has 3 nitrogen and oxygen atoms in total. The zero-order valence-electron chi connectivity index (χ0n) is 8.64. The topological polar surface area (TPSA) is 48.9 Å². The van der Waals surface area contributed by atoms with Crippen LogP contribution in [0.1, 0.15) is 29.8 Å². The largest absolute Gasteiger partial charge is 0.382 e. The second kappa shape index (κ2) is 4.28. The average molecular weight is 202 g/mol. The van der Waals surface area contributed by atoms with Gasteiger partial charge in [-0.05, 0) is 17.5 Å². The van der Waals surface area contributed by atoms with Gasteiger partial charge < -0.3 is 10.1 Å². The highest BCUT2D eigenvalue weighted by atomic mass is 16.3. The second-order valence-electron chi connectivity index (χ2n) is 3.45. The lowest BCUT2D eigenvalue weighted by molar-refractivity contribution is 0.215. The summed E-state index contributed by atoms with van der Waals surface area (Å²) in [6, 6.07) is 7.90. The van der Waals surface area contributed by atoms with Gasteiger partial charge in [-0.1, -0.05) is 31.2 Å². The van der Waals surface area contributed by atoms with Crippen LogP contribution in [0.15, 0.2) is 36.8 Å². The minimum absolute atomic E-state index is 0.632. The molecule has 1 aromatic heterocycles. The maximum Gasteiger partial charge on any atom is 0.123 e. The Morgan fingerprint density at radius 1 is 1.40 bits per heavy atom. The van der Waals surface area contributed by atoms with Gasteiger partial charge in [-0.15, -0.1) is 0 Å². The molecular weight excluding hydrogens is 188 g/mol. The van der Waals surface area contributed by atoms with E-state index in [1.54, 1.807) is 12.5 Å². The number of hydrogen-bond donors (Lipinski definition) is 2. The first kappa shape index (κ1) is 9.93. The smallest absolute Gasteiger partial charge is 0.123 e. The van der Waals surface area contributed by atoms with Gasteiger partial charge in [0.2, 0.25) is 0 Å². The average Bonchev–Trinajstić information content (AvgIpc) is 2.81. The van der Waals surface area contributed by atoms with Crippen molar-refractivity contribution in [3.63, 3.8) is 0 Å². The number of benzene rings is 1. The standard InChI is InChI=1S/C12H14N2O/c1-2-9-5-3-4-6-10(9)12(15)11-7-13-8-14-11/h3-8,12,15H,2H2,1H3,(H,13,14). The number of rotatable bonds is 3. The molecule has 3 heteroatoms. The van der Waals surface area contributed by atoms with Crippen LogP contribution in [0.4, 0.5) is 0 Å². The summed E-state index contributed by atoms with van der Waals surface area (Å²) in [7, 11) is 0. The summed E-state index contributed by atoms with van der Waals surface area (Å²) >= 11 is 0. The molecule has 2 N–H and O–H groups in total. The summed E-state index contributed by atoms with van der Waals surface area (Å²) < 4.78 is 0. The Labute approximate surface area is 88.8 Å². The van der Waals surface area contributed by atoms with Crippen LogP contribution in [0.25, 0.3) is 0 Å². The number of aromatic amines is 1. The van der Waals surface area contributed by atoms with E-state index in [1.165, 1.54) is 0 Å². The lowest BCUT2D eigenvalue weighted by Gasteiger charge is -2.12. The molecule has 0 aliphatic heterocycles. The lowest BCUT2D eigenvalue weighted by atomic mass is 9.99. The Morgan fingerprint density at radius 3 is 2.87 bits per heavy atom. The molecule has 1 atom stereocenters. The van der Waals surface area contributed by atoms with Crippen LogP contribution >= 0.6 is 0 Å². The molecule has 0 aliphatic carbocycles. The molecule has 0 saturated heterocycles. The Kier molecular flexibility index (Phi) is 2.83. The summed E-state index contributed by atoms with van der Waals surface area (Å²) in [5.74, 6) is 0. The van der Waals surface area contributed by atoms with Gasteiger partial charge in [0, 0.05) is 6.20 Å². The first-order valence-corrected chi connectivity index (χ1v) is 5.07. The van der Waals surface area contributed by atoms with Crippen molar-refractivity contribution in [1.29, 1.82) is 0 Å². The van der Waals surface area contributed by atoms with Crippen LogP contribution in [0.5, 0.6) is 0 Å². The molecule has 1 heterocycles. The molecule has 2 aromatic rings. The molecule has 78 valence electrons. The van der Waals surface area contributed by atoms with Crippen LogP contribution in [-0.4, -0.2) is 15.1 Å². The van der Waals surface area contributed by atoms with Crippen LogP contribution in [-0.2, 0) is 6.42 Å². The quantitative estimate of drug-likeness (QED) is 0.800. The van der Waals surface area contributed by atoms with Crippen molar-refractivity contribution in [2.75, 3.05) is 0 Å². The van der Waals surface area contributed by atoms with E-state index in [-0.39, 0.29) is 0 Å². The predicted molar refractivity (Wildman–Crippen MR) is 58.5 cm³/mol. The van der Waals surface area contributed by atoms with E-state index in [9.17, 15) is 5.11 Å². The number of imidazole rings is 1. The van der Waals surface area contributed by atoms with Gasteiger partial charge in [-0.25, -0.2) is 4.98 Å². The molecule has 0 saturated carbocycles. The van der Waals surface area contributed by atoms with Crippen LogP contribution in [0, 0.1) is 0 Å². The van der Waals surface area contributed by atoms with E-state index in [0.29, 0.717) is 5.69 Å². The fraction of sp³-hybridized carbons (Fsp3) is 0.250. The number of H-pyrrole nitrogens is 1. The van der Waals surface area contributed by atoms with Crippen molar-refractivity contribution >= 4 is 0 Å². The fourth-order valence-electron chi connectivity index (χ4n) is 1.70. The number of aromatic nitrogens is 2. The maximum atomic E-state index is 10.1. The van der Waals surface area contributed by atoms with E-state index in [4.69, 9.17) is 0 Å². The summed E-state index contributed by atoms with van der Waals surface area (Å²) in [5.41, 5.74) is 2.76. The van der Waals surface area contributed by atoms with E-state index >= 15 is 0 Å². The molecule has 0 bridgehead atoms. The predicted octanol–water partition coefficient (Wildman–Crippen LogP) is 2.05. The Balaban J connectivity index is 2.37. The minimum atomic E-state index is -0.632. The molecule has 15 heavy (non-hydrogen) atoms. The minimum Gasteiger partial charge on any atom is -0.382 e. The van der Waals surface area contributed by atoms with Gasteiger partial charge in [0.1, 0.15) is 6.10 Å². The van der Waals surface area contributed by atoms with Crippen molar-refractivity contribution in [3.05, 3.63) is 53.6 Å². The third-order valence-electron chi connectivity index (χ3n) is 2.53. The number of hydrogen-bond acceptors (Lipinski definition) is 2. The number of aryl methyl sites for hydroxylation is 1. The maximum absolute atomic E-state index is 10.1. The molecule has 0 spiro atoms. The summed E-state index contributed by atoms with van der Waals surface area (Å²) in [6.45, 7) is 2.08. The number of aliphatic hydroxyl groups excluding tert-OH is 1. The molecule has 0 fully saturated rings. The molecule has 0 radical (unpaired) electrons. The SMILES string of the molecule is CCc1ccccc1C(O)c1c[nH]cn1. The molecule has 1 unspecified atom stereocenters. The Morgan fingerprint density at radius 2 is 2.20 bits per heavy atom. The van der Waals surface area contributed by atoms with E-state index in [0.717, 1.165) is 17.5 Å². The van der Waals surface area contributed by atoms with Gasteiger partial charge in [-0.2, -0.15) is 0 Å². The van der Waals surface area contributed by atoms with Gasteiger partial charge in [0.05, 0.1) is 12.0 Å². The normalized spacial score (nSPS) is 12.7. The molecular formula is C12H14N2O. The second-order valence-corrected chi connectivity index (χ2v) is 3.45. The first-order valence-electron chi connectivity index (χ1n) is 5.07. The molecule has 0 aliphatic rings. The Bertz CT molecular complexity index is 423. The van der Waals surface area contributed by atoms with Crippen molar-refractivity contribution in [1.82, 2.24) is 9.97 Å². The number of nitrogens with one attached hydrogen (secondary N) is 1. The first-order chi connectivity index (χ1) is 7.33. The molecule has 2 rings (SSSR count). The summed E-state index contributed by atoms with van der Waals surface area (Å²) in [5, 5.41) is 10.1. The van der Waals surface area contributed by atoms with Gasteiger partial charge in [-0.3, -0.25) is 0 Å². The van der Waals surface area contributed by atoms with Crippen molar-refractivity contribution < 1.29 is 5.11 Å². The zero-order valence-corrected chi connectivity index (χ0v) is 8.64. The third kappa shape index (κ3) is 1.92. The highest BCUT2D eigenvalue weighted by Gasteiger charge is 2.14. The van der Waals surface area contributed by atoms with E-state index < -0.39 is 6.10 Å². The summed E-state index contributed by atoms with van der Waals surface area (Å²) in [6.07, 6.45) is 3.58. The van der Waals surface area contributed by atoms with Crippen LogP contribution in [0.3, 0.4) is 0 Å². The van der Waals surface area contributed by atoms with Gasteiger partial charge >= 0.3 is 0 Å². The van der Waals surface area contributed by atoms with Crippen molar-refractivity contribution in [2.24, 2.45) is 0 Å². The number of nitrogens with zero attached hydrogens (tertiary/aromatic N) is 1.